The lowest BCUT2D eigenvalue weighted by atomic mass is 9.60. The Hall–Kier alpha value is -2.49. The average molecular weight is 351 g/mol. The highest BCUT2D eigenvalue weighted by atomic mass is 16.5. The van der Waals surface area contributed by atoms with Crippen molar-refractivity contribution < 1.29 is 14.3 Å². The molecule has 2 aromatic carbocycles. The van der Waals surface area contributed by atoms with Gasteiger partial charge in [-0.05, 0) is 54.8 Å². The molecule has 4 heteroatoms. The van der Waals surface area contributed by atoms with E-state index < -0.39 is 0 Å². The van der Waals surface area contributed by atoms with Crippen molar-refractivity contribution in [2.45, 2.75) is 38.1 Å². The zero-order chi connectivity index (χ0) is 18.1. The Morgan fingerprint density at radius 2 is 1.38 bits per heavy atom. The van der Waals surface area contributed by atoms with Crippen LogP contribution in [0.4, 0.5) is 5.69 Å². The molecule has 2 aliphatic rings. The number of carbonyl (C=O) groups is 1. The van der Waals surface area contributed by atoms with E-state index in [1.165, 1.54) is 12.0 Å². The summed E-state index contributed by atoms with van der Waals surface area (Å²) in [6.45, 7) is 0. The highest BCUT2D eigenvalue weighted by molar-refractivity contribution is 6.06. The zero-order valence-corrected chi connectivity index (χ0v) is 15.4. The summed E-state index contributed by atoms with van der Waals surface area (Å²) in [5, 5.41) is 0. The highest BCUT2D eigenvalue weighted by Crippen LogP contribution is 2.59. The van der Waals surface area contributed by atoms with Gasteiger partial charge in [0.25, 0.3) is 0 Å². The molecule has 0 unspecified atom stereocenters. The fourth-order valence-electron chi connectivity index (χ4n) is 4.59. The Balaban J connectivity index is 1.72. The molecule has 4 nitrogen and oxygen atoms in total. The van der Waals surface area contributed by atoms with Gasteiger partial charge >= 0.3 is 0 Å². The van der Waals surface area contributed by atoms with Crippen LogP contribution in [-0.2, 0) is 4.79 Å². The highest BCUT2D eigenvalue weighted by Gasteiger charge is 2.61. The van der Waals surface area contributed by atoms with Gasteiger partial charge in [0.1, 0.15) is 11.5 Å². The standard InChI is InChI=1S/C22H25NO3/c1-25-18-10-6-16(7-11-18)20-22(14-4-3-5-15-22)21(24)23(20)17-8-12-19(26-2)13-9-17/h6-13,20H,3-5,14-15H2,1-2H3/t20-/m1/s1. The first-order valence-corrected chi connectivity index (χ1v) is 9.31. The molecule has 2 fully saturated rings. The Labute approximate surface area is 154 Å². The van der Waals surface area contributed by atoms with Crippen molar-refractivity contribution in [1.82, 2.24) is 0 Å². The van der Waals surface area contributed by atoms with E-state index in [0.29, 0.717) is 0 Å². The molecule has 1 aliphatic carbocycles. The van der Waals surface area contributed by atoms with Crippen molar-refractivity contribution >= 4 is 11.6 Å². The maximum Gasteiger partial charge on any atom is 0.236 e. The predicted octanol–water partition coefficient (Wildman–Crippen LogP) is 4.74. The van der Waals surface area contributed by atoms with Gasteiger partial charge in [-0.15, -0.1) is 0 Å². The van der Waals surface area contributed by atoms with Gasteiger partial charge in [0.15, 0.2) is 0 Å². The Morgan fingerprint density at radius 1 is 0.846 bits per heavy atom. The number of hydrogen-bond donors (Lipinski definition) is 0. The first-order valence-electron chi connectivity index (χ1n) is 9.31. The van der Waals surface area contributed by atoms with Crippen molar-refractivity contribution in [2.24, 2.45) is 5.41 Å². The maximum atomic E-state index is 13.3. The molecular formula is C22H25NO3. The van der Waals surface area contributed by atoms with E-state index in [1.54, 1.807) is 14.2 Å². The van der Waals surface area contributed by atoms with Crippen LogP contribution in [0.15, 0.2) is 48.5 Å². The molecule has 136 valence electrons. The molecule has 0 aromatic heterocycles. The van der Waals surface area contributed by atoms with Gasteiger partial charge in [-0.2, -0.15) is 0 Å². The van der Waals surface area contributed by atoms with Gasteiger partial charge in [-0.1, -0.05) is 31.4 Å². The zero-order valence-electron chi connectivity index (χ0n) is 15.4. The number of β-lactam (4-membered cyclic amide) rings is 1. The second-order valence-corrected chi connectivity index (χ2v) is 7.27. The van der Waals surface area contributed by atoms with E-state index in [2.05, 4.69) is 12.1 Å². The van der Waals surface area contributed by atoms with Gasteiger partial charge in [-0.25, -0.2) is 0 Å². The third kappa shape index (κ3) is 2.56. The summed E-state index contributed by atoms with van der Waals surface area (Å²) < 4.78 is 10.6. The number of ether oxygens (including phenoxy) is 2. The van der Waals surface area contributed by atoms with Crippen LogP contribution in [0.1, 0.15) is 43.7 Å². The van der Waals surface area contributed by atoms with Crippen LogP contribution in [0.5, 0.6) is 11.5 Å². The quantitative estimate of drug-likeness (QED) is 0.747. The number of methoxy groups -OCH3 is 2. The molecule has 0 bridgehead atoms. The molecule has 1 atom stereocenters. The summed E-state index contributed by atoms with van der Waals surface area (Å²) in [6.07, 6.45) is 5.46. The number of hydrogen-bond acceptors (Lipinski definition) is 3. The SMILES string of the molecule is COc1ccc([C@H]2N(c3ccc(OC)cc3)C(=O)C23CCCCC3)cc1. The first-order chi connectivity index (χ1) is 12.7. The molecule has 1 saturated carbocycles. The lowest BCUT2D eigenvalue weighted by Crippen LogP contribution is -2.64. The normalized spacial score (nSPS) is 21.4. The topological polar surface area (TPSA) is 38.8 Å². The summed E-state index contributed by atoms with van der Waals surface area (Å²) >= 11 is 0. The molecule has 1 amide bonds. The van der Waals surface area contributed by atoms with Crippen molar-refractivity contribution in [2.75, 3.05) is 19.1 Å². The van der Waals surface area contributed by atoms with E-state index in [-0.39, 0.29) is 17.4 Å². The molecule has 26 heavy (non-hydrogen) atoms. The molecule has 1 saturated heterocycles. The Morgan fingerprint density at radius 3 is 1.92 bits per heavy atom. The summed E-state index contributed by atoms with van der Waals surface area (Å²) in [7, 11) is 3.33. The summed E-state index contributed by atoms with van der Waals surface area (Å²) in [6, 6.07) is 16.0. The smallest absolute Gasteiger partial charge is 0.236 e. The van der Waals surface area contributed by atoms with Crippen molar-refractivity contribution in [3.05, 3.63) is 54.1 Å². The number of rotatable bonds is 4. The van der Waals surface area contributed by atoms with E-state index in [9.17, 15) is 4.79 Å². The molecule has 0 radical (unpaired) electrons. The van der Waals surface area contributed by atoms with Gasteiger partial charge in [0, 0.05) is 5.69 Å². The third-order valence-electron chi connectivity index (χ3n) is 5.95. The molecule has 1 heterocycles. The van der Waals surface area contributed by atoms with Crippen LogP contribution in [0, 0.1) is 5.41 Å². The Kier molecular flexibility index (Phi) is 4.35. The van der Waals surface area contributed by atoms with Crippen molar-refractivity contribution in [1.29, 1.82) is 0 Å². The minimum atomic E-state index is -0.243. The van der Waals surface area contributed by atoms with E-state index in [0.717, 1.165) is 42.9 Å². The van der Waals surface area contributed by atoms with Crippen LogP contribution in [0.25, 0.3) is 0 Å². The van der Waals surface area contributed by atoms with E-state index >= 15 is 0 Å². The van der Waals surface area contributed by atoms with Gasteiger partial charge in [0.05, 0.1) is 25.7 Å². The number of amides is 1. The van der Waals surface area contributed by atoms with Gasteiger partial charge in [-0.3, -0.25) is 4.79 Å². The fourth-order valence-corrected chi connectivity index (χ4v) is 4.59. The van der Waals surface area contributed by atoms with E-state index in [1.807, 2.05) is 41.3 Å². The van der Waals surface area contributed by atoms with Gasteiger partial charge in [0.2, 0.25) is 5.91 Å². The predicted molar refractivity (Wildman–Crippen MR) is 102 cm³/mol. The average Bonchev–Trinajstić information content (AvgIpc) is 2.72. The van der Waals surface area contributed by atoms with Crippen LogP contribution in [0.2, 0.25) is 0 Å². The number of nitrogens with zero attached hydrogens (tertiary/aromatic N) is 1. The number of carbonyl (C=O) groups excluding carboxylic acids is 1. The fraction of sp³-hybridized carbons (Fsp3) is 0.409. The van der Waals surface area contributed by atoms with E-state index in [4.69, 9.17) is 9.47 Å². The molecule has 0 N–H and O–H groups in total. The molecule has 1 aliphatic heterocycles. The minimum absolute atomic E-state index is 0.0922. The van der Waals surface area contributed by atoms with Crippen molar-refractivity contribution in [3.63, 3.8) is 0 Å². The Bertz CT molecular complexity index is 776. The van der Waals surface area contributed by atoms with Crippen LogP contribution >= 0.6 is 0 Å². The number of benzene rings is 2. The minimum Gasteiger partial charge on any atom is -0.497 e. The summed E-state index contributed by atoms with van der Waals surface area (Å²) in [5.74, 6) is 1.91. The second-order valence-electron chi connectivity index (χ2n) is 7.27. The third-order valence-corrected chi connectivity index (χ3v) is 5.95. The molecular weight excluding hydrogens is 326 g/mol. The lowest BCUT2D eigenvalue weighted by molar-refractivity contribution is -0.143. The molecule has 2 aromatic rings. The van der Waals surface area contributed by atoms with Crippen molar-refractivity contribution in [3.8, 4) is 11.5 Å². The van der Waals surface area contributed by atoms with Gasteiger partial charge < -0.3 is 14.4 Å². The van der Waals surface area contributed by atoms with Crippen LogP contribution in [-0.4, -0.2) is 20.1 Å². The van der Waals surface area contributed by atoms with Crippen LogP contribution < -0.4 is 14.4 Å². The summed E-state index contributed by atoms with van der Waals surface area (Å²) in [4.78, 5) is 15.2. The van der Waals surface area contributed by atoms with Crippen LogP contribution in [0.3, 0.4) is 0 Å². The lowest BCUT2D eigenvalue weighted by Gasteiger charge is -2.58. The molecule has 4 rings (SSSR count). The number of anilines is 1. The molecule has 1 spiro atoms. The summed E-state index contributed by atoms with van der Waals surface area (Å²) in [5.41, 5.74) is 1.88. The monoisotopic (exact) mass is 351 g/mol. The first kappa shape index (κ1) is 17.0. The second kappa shape index (κ2) is 6.67. The largest absolute Gasteiger partial charge is 0.497 e. The maximum absolute atomic E-state index is 13.3.